The molecule has 3 nitrogen and oxygen atoms in total. The van der Waals surface area contributed by atoms with Crippen molar-refractivity contribution in [3.63, 3.8) is 0 Å². The minimum atomic E-state index is 1.06. The Labute approximate surface area is 351 Å². The maximum Gasteiger partial charge on any atom is 0.428 e. The van der Waals surface area contributed by atoms with Crippen LogP contribution in [0.25, 0.3) is 83.8 Å². The number of aromatic nitrogens is 3. The Morgan fingerprint density at radius 1 is 0.167 bits per heavy atom. The lowest BCUT2D eigenvalue weighted by molar-refractivity contribution is -0.858. The maximum atomic E-state index is 2.23. The lowest BCUT2D eigenvalue weighted by atomic mass is 9.94. The molecule has 0 atom stereocenters. The summed E-state index contributed by atoms with van der Waals surface area (Å²) in [5.41, 5.74) is 17.6. The van der Waals surface area contributed by atoms with Crippen LogP contribution in [0, 0.1) is 0 Å². The van der Waals surface area contributed by atoms with Gasteiger partial charge in [0.25, 0.3) is 0 Å². The summed E-state index contributed by atoms with van der Waals surface area (Å²) in [6.45, 7) is 0. The van der Waals surface area contributed by atoms with Gasteiger partial charge in [0.15, 0.2) is 0 Å². The van der Waals surface area contributed by atoms with Crippen LogP contribution in [0.3, 0.4) is 0 Å². The molecule has 0 bridgehead atoms. The zero-order valence-electron chi connectivity index (χ0n) is 33.1. The van der Waals surface area contributed by atoms with E-state index >= 15 is 0 Å². The van der Waals surface area contributed by atoms with Gasteiger partial charge >= 0.3 is 19.0 Å². The van der Waals surface area contributed by atoms with E-state index in [2.05, 4.69) is 269 Å². The minimum absolute atomic E-state index is 1.06. The van der Waals surface area contributed by atoms with Crippen LogP contribution >= 0.6 is 0 Å². The van der Waals surface area contributed by atoms with Crippen molar-refractivity contribution in [2.75, 3.05) is 0 Å². The van der Waals surface area contributed by atoms with Crippen molar-refractivity contribution < 1.29 is 13.7 Å². The lowest BCUT2D eigenvalue weighted by Crippen LogP contribution is -2.55. The van der Waals surface area contributed by atoms with E-state index in [4.69, 9.17) is 0 Å². The van der Waals surface area contributed by atoms with Gasteiger partial charge in [0.1, 0.15) is 0 Å². The van der Waals surface area contributed by atoms with Gasteiger partial charge in [-0.25, -0.2) is 0 Å². The number of hydrogen-bond acceptors (Lipinski definition) is 0. The number of nitrogens with zero attached hydrogens (tertiary/aromatic N) is 3. The van der Waals surface area contributed by atoms with Crippen molar-refractivity contribution in [2.24, 2.45) is 0 Å². The van der Waals surface area contributed by atoms with Crippen LogP contribution in [-0.4, -0.2) is 0 Å². The molecule has 0 aliphatic rings. The average Bonchev–Trinajstić information content (AvgIpc) is 3.35. The molecule has 0 N–H and O–H groups in total. The molecule has 1 heterocycles. The molecule has 3 heteroatoms. The third-order valence-corrected chi connectivity index (χ3v) is 11.2. The van der Waals surface area contributed by atoms with Crippen molar-refractivity contribution >= 4 is 0 Å². The van der Waals surface area contributed by atoms with Crippen LogP contribution in [0.15, 0.2) is 256 Å². The Morgan fingerprint density at radius 3 is 0.567 bits per heavy atom. The summed E-state index contributed by atoms with van der Waals surface area (Å²) in [6.07, 6.45) is 6.46. The lowest BCUT2D eigenvalue weighted by Gasteiger charge is -2.10. The van der Waals surface area contributed by atoms with E-state index in [0.29, 0.717) is 0 Å². The van der Waals surface area contributed by atoms with Gasteiger partial charge in [-0.15, -0.1) is 0 Å². The number of rotatable bonds is 9. The van der Waals surface area contributed by atoms with Crippen molar-refractivity contribution in [3.8, 4) is 83.8 Å². The first kappa shape index (κ1) is 36.3. The second-order valence-electron chi connectivity index (χ2n) is 14.9. The van der Waals surface area contributed by atoms with Gasteiger partial charge in [-0.1, -0.05) is 177 Å². The van der Waals surface area contributed by atoms with E-state index < -0.39 is 0 Å². The Kier molecular flexibility index (Phi) is 9.97. The molecule has 60 heavy (non-hydrogen) atoms. The highest BCUT2D eigenvalue weighted by molar-refractivity contribution is 5.85. The summed E-state index contributed by atoms with van der Waals surface area (Å²) < 4.78 is 6.60. The molecular weight excluding hydrogens is 727 g/mol. The van der Waals surface area contributed by atoms with Gasteiger partial charge in [-0.05, 0) is 103 Å². The normalized spacial score (nSPS) is 11.0. The monoisotopic (exact) mass is 768 g/mol. The van der Waals surface area contributed by atoms with Gasteiger partial charge in [-0.3, -0.25) is 0 Å². The summed E-state index contributed by atoms with van der Waals surface area (Å²) in [5.74, 6) is 0. The third kappa shape index (κ3) is 7.44. The summed E-state index contributed by atoms with van der Waals surface area (Å²) in [7, 11) is 0. The molecule has 0 amide bonds. The first-order chi connectivity index (χ1) is 29.7. The predicted octanol–water partition coefficient (Wildman–Crippen LogP) is 12.5. The van der Waals surface area contributed by atoms with Crippen molar-refractivity contribution in [1.29, 1.82) is 0 Å². The zero-order valence-corrected chi connectivity index (χ0v) is 33.1. The molecule has 282 valence electrons. The van der Waals surface area contributed by atoms with E-state index in [1.54, 1.807) is 0 Å². The fraction of sp³-hybridized carbons (Fsp3) is 0. The van der Waals surface area contributed by atoms with Crippen molar-refractivity contribution in [2.45, 2.75) is 0 Å². The molecule has 1 aromatic heterocycles. The van der Waals surface area contributed by atoms with Gasteiger partial charge in [-0.2, -0.15) is 0 Å². The first-order valence-corrected chi connectivity index (χ1v) is 20.4. The second kappa shape index (κ2) is 16.5. The first-order valence-electron chi connectivity index (χ1n) is 20.4. The molecular formula is C57H42N3+3. The van der Waals surface area contributed by atoms with Crippen LogP contribution < -0.4 is 13.7 Å². The SMILES string of the molecule is c1ccc(-c2ccccc2-c2ccc(-[n+]3c[n+](-c4ccc(-c5ccccc5-c5ccccc5)cc4)c[n+](-c4ccc(-c5ccccc5-c5ccccc5)cc4)c3)cc2)cc1. The Hall–Kier alpha value is -8.01. The Balaban J connectivity index is 1.04. The van der Waals surface area contributed by atoms with E-state index in [9.17, 15) is 0 Å². The molecule has 0 saturated carbocycles. The van der Waals surface area contributed by atoms with E-state index in [-0.39, 0.29) is 0 Å². The van der Waals surface area contributed by atoms with Crippen LogP contribution in [0.2, 0.25) is 0 Å². The molecule has 9 aromatic carbocycles. The number of hydrogen-bond donors (Lipinski definition) is 0. The van der Waals surface area contributed by atoms with E-state index in [1.807, 2.05) is 0 Å². The summed E-state index contributed by atoms with van der Waals surface area (Å²) in [4.78, 5) is 0. The Bertz CT molecular complexity index is 2690. The average molecular weight is 769 g/mol. The summed E-state index contributed by atoms with van der Waals surface area (Å²) in [5, 5.41) is 0. The van der Waals surface area contributed by atoms with E-state index in [1.165, 1.54) is 66.8 Å². The highest BCUT2D eigenvalue weighted by Crippen LogP contribution is 2.34. The zero-order chi connectivity index (χ0) is 40.1. The van der Waals surface area contributed by atoms with Crippen LogP contribution in [-0.2, 0) is 0 Å². The largest absolute Gasteiger partial charge is 0.428 e. The second-order valence-corrected chi connectivity index (χ2v) is 14.9. The van der Waals surface area contributed by atoms with Crippen LogP contribution in [0.4, 0.5) is 0 Å². The molecule has 10 rings (SSSR count). The molecule has 0 fully saturated rings. The molecule has 0 aliphatic carbocycles. The smallest absolute Gasteiger partial charge is 0.0622 e. The van der Waals surface area contributed by atoms with Crippen molar-refractivity contribution in [3.05, 3.63) is 256 Å². The van der Waals surface area contributed by atoms with Gasteiger partial charge in [0.2, 0.25) is 17.1 Å². The molecule has 0 aliphatic heterocycles. The van der Waals surface area contributed by atoms with Gasteiger partial charge in [0, 0.05) is 36.4 Å². The van der Waals surface area contributed by atoms with Crippen LogP contribution in [0.1, 0.15) is 0 Å². The van der Waals surface area contributed by atoms with Crippen molar-refractivity contribution in [1.82, 2.24) is 0 Å². The predicted molar refractivity (Wildman–Crippen MR) is 244 cm³/mol. The maximum absolute atomic E-state index is 2.23. The molecule has 0 unspecified atom stereocenters. The fourth-order valence-corrected chi connectivity index (χ4v) is 8.14. The molecule has 0 spiro atoms. The fourth-order valence-electron chi connectivity index (χ4n) is 8.14. The molecule has 10 aromatic rings. The van der Waals surface area contributed by atoms with Crippen LogP contribution in [0.5, 0.6) is 0 Å². The summed E-state index contributed by atoms with van der Waals surface area (Å²) in [6, 6.07) is 84.3. The molecule has 0 radical (unpaired) electrons. The molecule has 0 saturated heterocycles. The standard InChI is InChI=1S/C57H42N3/c1-4-16-43(17-5-1)52-22-10-13-25-55(52)46-28-34-49(35-29-46)58-40-59(50-36-30-47(31-37-50)56-26-14-11-23-53(56)44-18-6-2-7-19-44)42-60(41-58)51-38-32-48(33-39-51)57-27-15-12-24-54(57)45-20-8-3-9-21-45/h1-42H/q+3. The quantitative estimate of drug-likeness (QED) is 0.130. The number of benzene rings is 9. The summed E-state index contributed by atoms with van der Waals surface area (Å²) >= 11 is 0. The Morgan fingerprint density at radius 2 is 0.350 bits per heavy atom. The van der Waals surface area contributed by atoms with E-state index in [0.717, 1.165) is 17.1 Å². The highest BCUT2D eigenvalue weighted by Gasteiger charge is 2.25. The third-order valence-electron chi connectivity index (χ3n) is 11.2. The highest BCUT2D eigenvalue weighted by atomic mass is 15.2. The van der Waals surface area contributed by atoms with Gasteiger partial charge in [0.05, 0.1) is 0 Å². The topological polar surface area (TPSA) is 11.6 Å². The van der Waals surface area contributed by atoms with Gasteiger partial charge < -0.3 is 0 Å². The minimum Gasteiger partial charge on any atom is -0.0622 e.